The highest BCUT2D eigenvalue weighted by Crippen LogP contribution is 2.35. The van der Waals surface area contributed by atoms with E-state index in [-0.39, 0.29) is 0 Å². The van der Waals surface area contributed by atoms with Gasteiger partial charge < -0.3 is 23.7 Å². The maximum absolute atomic E-state index is 13.6. The van der Waals surface area contributed by atoms with Gasteiger partial charge in [-0.25, -0.2) is 8.42 Å². The van der Waals surface area contributed by atoms with E-state index in [2.05, 4.69) is 0 Å². The summed E-state index contributed by atoms with van der Waals surface area (Å²) >= 11 is 0. The lowest BCUT2D eigenvalue weighted by Crippen LogP contribution is -2.64. The maximum atomic E-state index is 13.6. The van der Waals surface area contributed by atoms with E-state index in [1.54, 1.807) is 0 Å². The van der Waals surface area contributed by atoms with E-state index < -0.39 is 85.7 Å². The summed E-state index contributed by atoms with van der Waals surface area (Å²) in [5, 5.41) is 8.98. The topological polar surface area (TPSA) is 192 Å². The summed E-state index contributed by atoms with van der Waals surface area (Å²) in [7, 11) is -4.62. The van der Waals surface area contributed by atoms with Crippen LogP contribution in [0, 0.1) is 10.1 Å². The number of nitro groups is 1. The number of esters is 4. The number of carbonyl (C=O) groups is 4. The van der Waals surface area contributed by atoms with E-state index in [0.717, 1.165) is 52.0 Å². The second-order valence-corrected chi connectivity index (χ2v) is 9.47. The first-order valence-electron chi connectivity index (χ1n) is 10.0. The lowest BCUT2D eigenvalue weighted by atomic mass is 10.0. The van der Waals surface area contributed by atoms with Crippen molar-refractivity contribution >= 4 is 39.4 Å². The van der Waals surface area contributed by atoms with Gasteiger partial charge in [0.1, 0.15) is 12.7 Å². The zero-order chi connectivity index (χ0) is 26.5. The Morgan fingerprint density at radius 2 is 1.40 bits per heavy atom. The minimum Gasteiger partial charge on any atom is -0.463 e. The van der Waals surface area contributed by atoms with Crippen molar-refractivity contribution in [2.45, 2.75) is 62.4 Å². The maximum Gasteiger partial charge on any atom is 0.304 e. The van der Waals surface area contributed by atoms with E-state index in [1.807, 2.05) is 0 Å². The van der Waals surface area contributed by atoms with Crippen LogP contribution in [-0.2, 0) is 52.7 Å². The number of nitro benzene ring substituents is 1. The molecule has 0 N–H and O–H groups in total. The monoisotopic (exact) mass is 517 g/mol. The second-order valence-electron chi connectivity index (χ2n) is 7.36. The van der Waals surface area contributed by atoms with E-state index in [1.165, 1.54) is 0 Å². The SMILES string of the molecule is CC(=O)OC[C@H]1O[C@H](OC(C)=O)[C@H](S(=O)(=O)c2ccc([N+](=O)[O-])cc2)[C@@H](OC(C)=O)[C@H]1OC(C)=O. The van der Waals surface area contributed by atoms with Gasteiger partial charge in [-0.3, -0.25) is 29.3 Å². The zero-order valence-electron chi connectivity index (χ0n) is 19.1. The zero-order valence-corrected chi connectivity index (χ0v) is 19.9. The summed E-state index contributed by atoms with van der Waals surface area (Å²) in [5.74, 6) is -3.58. The molecule has 0 aliphatic carbocycles. The molecule has 2 rings (SSSR count). The largest absolute Gasteiger partial charge is 0.463 e. The fraction of sp³-hybridized carbons (Fsp3) is 0.500. The Morgan fingerprint density at radius 3 is 1.86 bits per heavy atom. The van der Waals surface area contributed by atoms with Crippen molar-refractivity contribution in [1.29, 1.82) is 0 Å². The molecule has 0 amide bonds. The fourth-order valence-electron chi connectivity index (χ4n) is 3.37. The first-order chi connectivity index (χ1) is 16.2. The van der Waals surface area contributed by atoms with Crippen LogP contribution in [-0.4, -0.2) is 73.7 Å². The van der Waals surface area contributed by atoms with E-state index in [9.17, 15) is 37.7 Å². The molecule has 35 heavy (non-hydrogen) atoms. The van der Waals surface area contributed by atoms with Gasteiger partial charge in [-0.2, -0.15) is 0 Å². The summed E-state index contributed by atoms with van der Waals surface area (Å²) in [6, 6.07) is 3.75. The lowest BCUT2D eigenvalue weighted by molar-refractivity contribution is -0.384. The van der Waals surface area contributed by atoms with Crippen LogP contribution in [0.3, 0.4) is 0 Å². The van der Waals surface area contributed by atoms with Gasteiger partial charge in [0.05, 0.1) is 9.82 Å². The number of sulfone groups is 1. The summed E-state index contributed by atoms with van der Waals surface area (Å²) in [6.07, 6.45) is -6.67. The first kappa shape index (κ1) is 27.7. The molecule has 1 heterocycles. The molecule has 0 aromatic heterocycles. The van der Waals surface area contributed by atoms with Gasteiger partial charge >= 0.3 is 23.9 Å². The number of ether oxygens (including phenoxy) is 5. The van der Waals surface area contributed by atoms with Crippen LogP contribution in [0.1, 0.15) is 27.7 Å². The van der Waals surface area contributed by atoms with Crippen LogP contribution in [0.25, 0.3) is 0 Å². The number of carbonyl (C=O) groups excluding carboxylic acids is 4. The van der Waals surface area contributed by atoms with Crippen LogP contribution < -0.4 is 0 Å². The Balaban J connectivity index is 2.66. The van der Waals surface area contributed by atoms with Crippen molar-refractivity contribution in [2.75, 3.05) is 6.61 Å². The average molecular weight is 517 g/mol. The van der Waals surface area contributed by atoms with Gasteiger partial charge in [0.2, 0.25) is 6.29 Å². The number of rotatable bonds is 8. The quantitative estimate of drug-likeness (QED) is 0.200. The predicted molar refractivity (Wildman–Crippen MR) is 112 cm³/mol. The van der Waals surface area contributed by atoms with E-state index >= 15 is 0 Å². The van der Waals surface area contributed by atoms with Gasteiger partial charge in [0.15, 0.2) is 27.3 Å². The molecule has 192 valence electrons. The molecule has 1 aliphatic rings. The number of benzene rings is 1. The summed E-state index contributed by atoms with van der Waals surface area (Å²) < 4.78 is 53.1. The minimum absolute atomic E-state index is 0.392. The number of hydrogen-bond donors (Lipinski definition) is 0. The molecule has 1 saturated heterocycles. The minimum atomic E-state index is -4.62. The van der Waals surface area contributed by atoms with Crippen molar-refractivity contribution in [1.82, 2.24) is 0 Å². The van der Waals surface area contributed by atoms with Gasteiger partial charge in [-0.05, 0) is 12.1 Å². The van der Waals surface area contributed by atoms with Crippen molar-refractivity contribution in [3.63, 3.8) is 0 Å². The molecule has 14 nitrogen and oxygen atoms in total. The third-order valence-corrected chi connectivity index (χ3v) is 6.80. The Bertz CT molecular complexity index is 1100. The van der Waals surface area contributed by atoms with Crippen LogP contribution in [0.15, 0.2) is 29.2 Å². The van der Waals surface area contributed by atoms with Crippen LogP contribution in [0.2, 0.25) is 0 Å². The third-order valence-electron chi connectivity index (χ3n) is 4.66. The molecular weight excluding hydrogens is 494 g/mol. The normalized spacial score (nSPS) is 24.1. The average Bonchev–Trinajstić information content (AvgIpc) is 2.73. The first-order valence-corrected chi connectivity index (χ1v) is 11.6. The highest BCUT2D eigenvalue weighted by molar-refractivity contribution is 7.92. The second kappa shape index (κ2) is 11.2. The fourth-order valence-corrected chi connectivity index (χ4v) is 5.18. The summed E-state index contributed by atoms with van der Waals surface area (Å²) in [4.78, 5) is 56.5. The third kappa shape index (κ3) is 6.95. The van der Waals surface area contributed by atoms with Crippen LogP contribution in [0.4, 0.5) is 5.69 Å². The Hall–Kier alpha value is -3.59. The number of nitrogens with zero attached hydrogens (tertiary/aromatic N) is 1. The van der Waals surface area contributed by atoms with Gasteiger partial charge in [0, 0.05) is 39.8 Å². The smallest absolute Gasteiger partial charge is 0.304 e. The predicted octanol–water partition coefficient (Wildman–Crippen LogP) is 0.452. The Kier molecular flexibility index (Phi) is 8.87. The molecule has 0 saturated carbocycles. The van der Waals surface area contributed by atoms with Gasteiger partial charge in [0.25, 0.3) is 5.69 Å². The summed E-state index contributed by atoms with van der Waals surface area (Å²) in [5.41, 5.74) is -0.392. The van der Waals surface area contributed by atoms with Crippen molar-refractivity contribution < 1.29 is 56.2 Å². The van der Waals surface area contributed by atoms with E-state index in [4.69, 9.17) is 23.7 Å². The molecule has 1 aromatic carbocycles. The molecular formula is C20H23NO13S. The Labute approximate surface area is 199 Å². The molecule has 5 atom stereocenters. The van der Waals surface area contributed by atoms with Crippen molar-refractivity contribution in [2.24, 2.45) is 0 Å². The molecule has 0 radical (unpaired) electrons. The number of non-ortho nitro benzene ring substituents is 1. The van der Waals surface area contributed by atoms with E-state index in [0.29, 0.717) is 0 Å². The molecule has 1 fully saturated rings. The van der Waals surface area contributed by atoms with Gasteiger partial charge in [-0.15, -0.1) is 0 Å². The van der Waals surface area contributed by atoms with Crippen molar-refractivity contribution in [3.05, 3.63) is 34.4 Å². The molecule has 1 aromatic rings. The Morgan fingerprint density at radius 1 is 0.886 bits per heavy atom. The molecule has 0 bridgehead atoms. The van der Waals surface area contributed by atoms with Crippen LogP contribution >= 0.6 is 0 Å². The number of hydrogen-bond acceptors (Lipinski definition) is 13. The highest BCUT2D eigenvalue weighted by atomic mass is 32.2. The molecule has 0 spiro atoms. The van der Waals surface area contributed by atoms with Crippen molar-refractivity contribution in [3.8, 4) is 0 Å². The summed E-state index contributed by atoms with van der Waals surface area (Å²) in [6.45, 7) is 3.47. The molecule has 15 heteroatoms. The highest BCUT2D eigenvalue weighted by Gasteiger charge is 2.57. The molecule has 1 aliphatic heterocycles. The lowest BCUT2D eigenvalue weighted by Gasteiger charge is -2.43. The molecule has 0 unspecified atom stereocenters. The standard InChI is InChI=1S/C20H23NO13S/c1-10(22)30-9-16-17(31-11(2)23)18(32-12(3)24)19(20(34-16)33-13(4)25)35(28,29)15-7-5-14(6-8-15)21(26)27/h5-8,16-20H,9H2,1-4H3/t16-,17+,18+,19-,20+/m1/s1. The van der Waals surface area contributed by atoms with Gasteiger partial charge in [-0.1, -0.05) is 0 Å². The van der Waals surface area contributed by atoms with Crippen LogP contribution in [0.5, 0.6) is 0 Å².